The Morgan fingerprint density at radius 1 is 1.26 bits per heavy atom. The van der Waals surface area contributed by atoms with Crippen LogP contribution in [0.1, 0.15) is 15.9 Å². The normalized spacial score (nSPS) is 10.4. The Bertz CT molecular complexity index is 616. The maximum Gasteiger partial charge on any atom is 0.336 e. The minimum atomic E-state index is -0.986. The van der Waals surface area contributed by atoms with Crippen LogP contribution in [0.25, 0.3) is 0 Å². The molecule has 0 aromatic heterocycles. The lowest BCUT2D eigenvalue weighted by Crippen LogP contribution is -1.97. The van der Waals surface area contributed by atoms with Crippen molar-refractivity contribution < 1.29 is 14.3 Å². The van der Waals surface area contributed by atoms with Crippen LogP contribution in [0.4, 0.5) is 4.39 Å². The number of carbonyl (C=O) groups is 1. The highest BCUT2D eigenvalue weighted by Gasteiger charge is 2.09. The fourth-order valence-electron chi connectivity index (χ4n) is 1.53. The van der Waals surface area contributed by atoms with Gasteiger partial charge in [0.15, 0.2) is 0 Å². The second kappa shape index (κ2) is 6.21. The summed E-state index contributed by atoms with van der Waals surface area (Å²) in [6, 6.07) is 11.6. The quantitative estimate of drug-likeness (QED) is 0.827. The average Bonchev–Trinajstić information content (AvgIpc) is 2.39. The molecule has 0 heterocycles. The highest BCUT2D eigenvalue weighted by molar-refractivity contribution is 9.10. The molecule has 2 rings (SSSR count). The SMILES string of the molecule is O=C(O)c1cc(SCc2ccccc2F)ccc1Br. The first kappa shape index (κ1) is 14.1. The molecule has 0 radical (unpaired) electrons. The van der Waals surface area contributed by atoms with Crippen LogP contribution in [0.2, 0.25) is 0 Å². The zero-order chi connectivity index (χ0) is 13.8. The van der Waals surface area contributed by atoms with Gasteiger partial charge in [-0.1, -0.05) is 18.2 Å². The number of hydrogen-bond acceptors (Lipinski definition) is 2. The summed E-state index contributed by atoms with van der Waals surface area (Å²) in [4.78, 5) is 11.8. The summed E-state index contributed by atoms with van der Waals surface area (Å²) in [6.07, 6.45) is 0. The second-order valence-corrected chi connectivity index (χ2v) is 5.73. The number of rotatable bonds is 4. The summed E-state index contributed by atoms with van der Waals surface area (Å²) in [5.74, 6) is -0.765. The summed E-state index contributed by atoms with van der Waals surface area (Å²) < 4.78 is 14.0. The first-order valence-corrected chi connectivity index (χ1v) is 7.25. The van der Waals surface area contributed by atoms with E-state index < -0.39 is 5.97 Å². The highest BCUT2D eigenvalue weighted by Crippen LogP contribution is 2.28. The van der Waals surface area contributed by atoms with E-state index in [0.29, 0.717) is 15.8 Å². The van der Waals surface area contributed by atoms with Crippen molar-refractivity contribution in [1.29, 1.82) is 0 Å². The first-order chi connectivity index (χ1) is 9.08. The van der Waals surface area contributed by atoms with Crippen molar-refractivity contribution in [3.63, 3.8) is 0 Å². The Morgan fingerprint density at radius 2 is 2.00 bits per heavy atom. The van der Waals surface area contributed by atoms with Gasteiger partial charge in [0.05, 0.1) is 5.56 Å². The standard InChI is InChI=1S/C14H10BrFO2S/c15-12-6-5-10(7-11(12)14(17)18)19-8-9-3-1-2-4-13(9)16/h1-7H,8H2,(H,17,18). The van der Waals surface area contributed by atoms with Crippen molar-refractivity contribution >= 4 is 33.7 Å². The van der Waals surface area contributed by atoms with Crippen molar-refractivity contribution in [3.05, 3.63) is 63.9 Å². The van der Waals surface area contributed by atoms with E-state index in [9.17, 15) is 9.18 Å². The summed E-state index contributed by atoms with van der Waals surface area (Å²) in [6.45, 7) is 0. The summed E-state index contributed by atoms with van der Waals surface area (Å²) in [5, 5.41) is 9.02. The first-order valence-electron chi connectivity index (χ1n) is 5.47. The molecule has 5 heteroatoms. The highest BCUT2D eigenvalue weighted by atomic mass is 79.9. The molecule has 2 aromatic rings. The maximum absolute atomic E-state index is 13.4. The fraction of sp³-hybridized carbons (Fsp3) is 0.0714. The zero-order valence-corrected chi connectivity index (χ0v) is 12.2. The predicted molar refractivity (Wildman–Crippen MR) is 77.1 cm³/mol. The van der Waals surface area contributed by atoms with E-state index in [2.05, 4.69) is 15.9 Å². The van der Waals surface area contributed by atoms with E-state index in [1.165, 1.54) is 17.8 Å². The molecular formula is C14H10BrFO2S. The van der Waals surface area contributed by atoms with Crippen LogP contribution in [0.3, 0.4) is 0 Å². The average molecular weight is 341 g/mol. The Labute approximate surface area is 122 Å². The number of carboxylic acids is 1. The molecule has 19 heavy (non-hydrogen) atoms. The molecule has 0 atom stereocenters. The minimum Gasteiger partial charge on any atom is -0.478 e. The number of benzene rings is 2. The Hall–Kier alpha value is -1.33. The molecule has 2 nitrogen and oxygen atoms in total. The monoisotopic (exact) mass is 340 g/mol. The van der Waals surface area contributed by atoms with E-state index in [0.717, 1.165) is 4.90 Å². The lowest BCUT2D eigenvalue weighted by Gasteiger charge is -2.05. The fourth-order valence-corrected chi connectivity index (χ4v) is 2.87. The van der Waals surface area contributed by atoms with Crippen LogP contribution in [-0.4, -0.2) is 11.1 Å². The summed E-state index contributed by atoms with van der Waals surface area (Å²) >= 11 is 4.59. The lowest BCUT2D eigenvalue weighted by molar-refractivity contribution is 0.0695. The molecule has 0 bridgehead atoms. The van der Waals surface area contributed by atoms with Crippen LogP contribution < -0.4 is 0 Å². The third kappa shape index (κ3) is 3.58. The molecule has 0 fully saturated rings. The van der Waals surface area contributed by atoms with E-state index in [1.54, 1.807) is 30.3 Å². The van der Waals surface area contributed by atoms with Gasteiger partial charge < -0.3 is 5.11 Å². The van der Waals surface area contributed by atoms with Crippen LogP contribution in [0.5, 0.6) is 0 Å². The van der Waals surface area contributed by atoms with Crippen molar-refractivity contribution in [3.8, 4) is 0 Å². The Kier molecular flexibility index (Phi) is 4.61. The van der Waals surface area contributed by atoms with Gasteiger partial charge in [-0.15, -0.1) is 11.8 Å². The molecule has 0 aliphatic rings. The molecule has 0 amide bonds. The maximum atomic E-state index is 13.4. The molecule has 2 aromatic carbocycles. The zero-order valence-electron chi connectivity index (χ0n) is 9.77. The van der Waals surface area contributed by atoms with Gasteiger partial charge in [0.1, 0.15) is 5.82 Å². The van der Waals surface area contributed by atoms with E-state index in [-0.39, 0.29) is 11.4 Å². The van der Waals surface area contributed by atoms with Crippen LogP contribution in [0.15, 0.2) is 51.8 Å². The van der Waals surface area contributed by atoms with E-state index >= 15 is 0 Å². The number of thioether (sulfide) groups is 1. The van der Waals surface area contributed by atoms with Gasteiger partial charge in [-0.25, -0.2) is 9.18 Å². The van der Waals surface area contributed by atoms with Crippen molar-refractivity contribution in [2.24, 2.45) is 0 Å². The van der Waals surface area contributed by atoms with E-state index in [4.69, 9.17) is 5.11 Å². The van der Waals surface area contributed by atoms with Gasteiger partial charge in [-0.3, -0.25) is 0 Å². The van der Waals surface area contributed by atoms with Crippen molar-refractivity contribution in [2.45, 2.75) is 10.6 Å². The molecule has 0 aliphatic heterocycles. The summed E-state index contributed by atoms with van der Waals surface area (Å²) in [7, 11) is 0. The van der Waals surface area contributed by atoms with Gasteiger partial charge in [0.2, 0.25) is 0 Å². The van der Waals surface area contributed by atoms with E-state index in [1.807, 2.05) is 6.07 Å². The Morgan fingerprint density at radius 3 is 2.68 bits per heavy atom. The van der Waals surface area contributed by atoms with Gasteiger partial charge in [-0.05, 0) is 45.8 Å². The molecule has 0 saturated heterocycles. The van der Waals surface area contributed by atoms with Gasteiger partial charge in [-0.2, -0.15) is 0 Å². The third-order valence-corrected chi connectivity index (χ3v) is 4.25. The van der Waals surface area contributed by atoms with Crippen LogP contribution >= 0.6 is 27.7 Å². The summed E-state index contributed by atoms with van der Waals surface area (Å²) in [5.41, 5.74) is 0.811. The number of aromatic carboxylic acids is 1. The smallest absolute Gasteiger partial charge is 0.336 e. The topological polar surface area (TPSA) is 37.3 Å². The van der Waals surface area contributed by atoms with Gasteiger partial charge in [0, 0.05) is 15.1 Å². The third-order valence-electron chi connectivity index (χ3n) is 2.52. The molecule has 0 unspecified atom stereocenters. The van der Waals surface area contributed by atoms with Crippen molar-refractivity contribution in [2.75, 3.05) is 0 Å². The number of halogens is 2. The number of carboxylic acid groups (broad SMARTS) is 1. The second-order valence-electron chi connectivity index (χ2n) is 3.83. The Balaban J connectivity index is 2.14. The molecule has 0 spiro atoms. The lowest BCUT2D eigenvalue weighted by atomic mass is 10.2. The van der Waals surface area contributed by atoms with Crippen molar-refractivity contribution in [1.82, 2.24) is 0 Å². The van der Waals surface area contributed by atoms with Crippen LogP contribution in [-0.2, 0) is 5.75 Å². The minimum absolute atomic E-state index is 0.207. The number of hydrogen-bond donors (Lipinski definition) is 1. The molecule has 0 saturated carbocycles. The van der Waals surface area contributed by atoms with Gasteiger partial charge >= 0.3 is 5.97 Å². The molecular weight excluding hydrogens is 331 g/mol. The van der Waals surface area contributed by atoms with Gasteiger partial charge in [0.25, 0.3) is 0 Å². The molecule has 0 aliphatic carbocycles. The largest absolute Gasteiger partial charge is 0.478 e. The molecule has 1 N–H and O–H groups in total. The molecule has 98 valence electrons. The van der Waals surface area contributed by atoms with Crippen LogP contribution in [0, 0.1) is 5.82 Å². The predicted octanol–water partition coefficient (Wildman–Crippen LogP) is 4.58.